The van der Waals surface area contributed by atoms with E-state index in [0.29, 0.717) is 24.3 Å². The van der Waals surface area contributed by atoms with E-state index in [1.54, 1.807) is 38.5 Å². The Balaban J connectivity index is 1.29. The molecule has 4 aromatic carbocycles. The monoisotopic (exact) mass is 596 g/mol. The Hall–Kier alpha value is -4.36. The van der Waals surface area contributed by atoms with Crippen molar-refractivity contribution in [2.45, 2.75) is 38.7 Å². The van der Waals surface area contributed by atoms with Gasteiger partial charge in [-0.2, -0.15) is 0 Å². The molecule has 0 aliphatic carbocycles. The third-order valence-electron chi connectivity index (χ3n) is 8.12. The second-order valence-corrected chi connectivity index (χ2v) is 11.1. The Morgan fingerprint density at radius 2 is 1.64 bits per heavy atom. The maximum absolute atomic E-state index is 14.2. The lowest BCUT2D eigenvalue weighted by atomic mass is 9.97. The minimum atomic E-state index is -0.289. The summed E-state index contributed by atoms with van der Waals surface area (Å²) in [5.41, 5.74) is 4.93. The number of methoxy groups -OCH3 is 2. The van der Waals surface area contributed by atoms with Gasteiger partial charge in [0.05, 0.1) is 14.2 Å². The number of nitrogens with zero attached hydrogens (tertiary/aromatic N) is 1. The zero-order chi connectivity index (χ0) is 30.9. The van der Waals surface area contributed by atoms with E-state index in [2.05, 4.69) is 17.1 Å². The average Bonchev–Trinajstić information content (AvgIpc) is 3.06. The van der Waals surface area contributed by atoms with Crippen LogP contribution in [0.2, 0.25) is 0 Å². The van der Waals surface area contributed by atoms with E-state index in [1.807, 2.05) is 54.6 Å². The molecular weight excluding hydrogens is 555 g/mol. The number of carbonyl (C=O) groups is 1. The summed E-state index contributed by atoms with van der Waals surface area (Å²) < 4.78 is 31.6. The number of nitrogens with one attached hydrogen (secondary N) is 1. The zero-order valence-corrected chi connectivity index (χ0v) is 25.8. The predicted molar refractivity (Wildman–Crippen MR) is 173 cm³/mol. The highest BCUT2D eigenvalue weighted by atomic mass is 19.1. The number of rotatable bonds is 12. The maximum atomic E-state index is 14.2. The first-order valence-corrected chi connectivity index (χ1v) is 15.4. The number of carbonyl (C=O) groups excluding carboxylic acids is 1. The lowest BCUT2D eigenvalue weighted by Crippen LogP contribution is -2.38. The first-order valence-electron chi connectivity index (χ1n) is 15.4. The van der Waals surface area contributed by atoms with Crippen molar-refractivity contribution in [1.82, 2.24) is 10.2 Å². The lowest BCUT2D eigenvalue weighted by molar-refractivity contribution is 0.0953. The molecular formula is C37H41FN2O4. The summed E-state index contributed by atoms with van der Waals surface area (Å²) in [6.07, 6.45) is 3.89. The summed E-state index contributed by atoms with van der Waals surface area (Å²) in [6.45, 7) is 5.84. The van der Waals surface area contributed by atoms with Crippen molar-refractivity contribution in [1.29, 1.82) is 0 Å². The van der Waals surface area contributed by atoms with Crippen molar-refractivity contribution in [3.8, 4) is 39.5 Å². The number of piperidine rings is 1. The van der Waals surface area contributed by atoms with Gasteiger partial charge in [0.25, 0.3) is 5.91 Å². The number of likely N-dealkylation sites (tertiary alicyclic amines) is 1. The number of hydrogen-bond donors (Lipinski definition) is 1. The highest BCUT2D eigenvalue weighted by Gasteiger charge is 2.21. The third-order valence-corrected chi connectivity index (χ3v) is 8.12. The number of halogens is 1. The van der Waals surface area contributed by atoms with Crippen molar-refractivity contribution in [2.75, 3.05) is 40.4 Å². The van der Waals surface area contributed by atoms with Gasteiger partial charge in [-0.25, -0.2) is 4.39 Å². The normalized spacial score (nSPS) is 13.8. The highest BCUT2D eigenvalue weighted by Crippen LogP contribution is 2.33. The van der Waals surface area contributed by atoms with E-state index < -0.39 is 0 Å². The maximum Gasteiger partial charge on any atom is 0.251 e. The molecule has 230 valence electrons. The van der Waals surface area contributed by atoms with Gasteiger partial charge in [-0.15, -0.1) is 0 Å². The highest BCUT2D eigenvalue weighted by molar-refractivity contribution is 5.96. The summed E-state index contributed by atoms with van der Waals surface area (Å²) in [5, 5.41) is 3.06. The standard InChI is InChI=1S/C37H41FN2O4/c1-4-19-40-20-16-31(17-21-40)44-33-13-11-26(34(25-33)27-7-5-9-30(38)22-27)15-18-39-37(41)29-12-14-36(43-3)35(24-29)28-8-6-10-32(23-28)42-2/h5-14,22-25,31H,4,15-21H2,1-3H3,(H,39,41). The summed E-state index contributed by atoms with van der Waals surface area (Å²) in [6, 6.07) is 25.7. The van der Waals surface area contributed by atoms with Crippen molar-refractivity contribution in [3.05, 3.63) is 102 Å². The van der Waals surface area contributed by atoms with Gasteiger partial charge in [0.15, 0.2) is 0 Å². The van der Waals surface area contributed by atoms with E-state index >= 15 is 0 Å². The summed E-state index contributed by atoms with van der Waals surface area (Å²) in [7, 11) is 3.24. The van der Waals surface area contributed by atoms with Crippen LogP contribution in [-0.4, -0.2) is 57.3 Å². The van der Waals surface area contributed by atoms with Crippen LogP contribution in [0.15, 0.2) is 84.9 Å². The van der Waals surface area contributed by atoms with E-state index in [-0.39, 0.29) is 17.8 Å². The van der Waals surface area contributed by atoms with Gasteiger partial charge >= 0.3 is 0 Å². The molecule has 6 nitrogen and oxygen atoms in total. The SMILES string of the molecule is CCCN1CCC(Oc2ccc(CCNC(=O)c3ccc(OC)c(-c4cccc(OC)c4)c3)c(-c3cccc(F)c3)c2)CC1. The fraction of sp³-hybridized carbons (Fsp3) is 0.324. The molecule has 0 radical (unpaired) electrons. The fourth-order valence-corrected chi connectivity index (χ4v) is 5.81. The molecule has 0 atom stereocenters. The Morgan fingerprint density at radius 3 is 2.36 bits per heavy atom. The molecule has 1 aliphatic rings. The van der Waals surface area contributed by atoms with E-state index in [1.165, 1.54) is 6.07 Å². The third kappa shape index (κ3) is 7.77. The summed E-state index contributed by atoms with van der Waals surface area (Å²) in [4.78, 5) is 15.7. The number of amides is 1. The molecule has 0 saturated carbocycles. The van der Waals surface area contributed by atoms with Gasteiger partial charge in [-0.1, -0.05) is 37.3 Å². The molecule has 1 amide bonds. The van der Waals surface area contributed by atoms with Gasteiger partial charge in [0.2, 0.25) is 0 Å². The van der Waals surface area contributed by atoms with Crippen molar-refractivity contribution in [3.63, 3.8) is 0 Å². The van der Waals surface area contributed by atoms with Crippen LogP contribution in [-0.2, 0) is 6.42 Å². The molecule has 0 aromatic heterocycles. The Morgan fingerprint density at radius 1 is 0.864 bits per heavy atom. The fourth-order valence-electron chi connectivity index (χ4n) is 5.81. The zero-order valence-electron chi connectivity index (χ0n) is 25.8. The van der Waals surface area contributed by atoms with Crippen LogP contribution in [0.1, 0.15) is 42.1 Å². The van der Waals surface area contributed by atoms with E-state index in [4.69, 9.17) is 14.2 Å². The van der Waals surface area contributed by atoms with Crippen molar-refractivity contribution >= 4 is 5.91 Å². The minimum absolute atomic E-state index is 0.167. The van der Waals surface area contributed by atoms with E-state index in [9.17, 15) is 9.18 Å². The molecule has 0 spiro atoms. The number of benzene rings is 4. The van der Waals surface area contributed by atoms with Gasteiger partial charge in [0.1, 0.15) is 29.2 Å². The van der Waals surface area contributed by atoms with E-state index in [0.717, 1.165) is 78.2 Å². The molecule has 1 heterocycles. The second kappa shape index (κ2) is 14.9. The minimum Gasteiger partial charge on any atom is -0.497 e. The van der Waals surface area contributed by atoms with Crippen LogP contribution >= 0.6 is 0 Å². The average molecular weight is 597 g/mol. The Bertz CT molecular complexity index is 1570. The molecule has 4 aromatic rings. The van der Waals surface area contributed by atoms with Gasteiger partial charge in [0, 0.05) is 30.8 Å². The smallest absolute Gasteiger partial charge is 0.251 e. The van der Waals surface area contributed by atoms with Gasteiger partial charge < -0.3 is 24.4 Å². The topological polar surface area (TPSA) is 60.0 Å². The Labute approximate surface area is 259 Å². The number of ether oxygens (including phenoxy) is 3. The van der Waals surface area contributed by atoms with Crippen LogP contribution in [0.25, 0.3) is 22.3 Å². The molecule has 1 saturated heterocycles. The quantitative estimate of drug-likeness (QED) is 0.185. The number of hydrogen-bond acceptors (Lipinski definition) is 5. The molecule has 5 rings (SSSR count). The summed E-state index contributed by atoms with van der Waals surface area (Å²) in [5.74, 6) is 1.71. The van der Waals surface area contributed by atoms with Crippen LogP contribution in [0.4, 0.5) is 4.39 Å². The van der Waals surface area contributed by atoms with Gasteiger partial charge in [-0.3, -0.25) is 4.79 Å². The lowest BCUT2D eigenvalue weighted by Gasteiger charge is -2.32. The molecule has 44 heavy (non-hydrogen) atoms. The van der Waals surface area contributed by atoms with Crippen molar-refractivity contribution in [2.24, 2.45) is 0 Å². The molecule has 1 fully saturated rings. The Kier molecular flexibility index (Phi) is 10.5. The molecule has 1 N–H and O–H groups in total. The van der Waals surface area contributed by atoms with Crippen LogP contribution < -0.4 is 19.5 Å². The summed E-state index contributed by atoms with van der Waals surface area (Å²) >= 11 is 0. The van der Waals surface area contributed by atoms with Gasteiger partial charge in [-0.05, 0) is 109 Å². The van der Waals surface area contributed by atoms with Crippen LogP contribution in [0.3, 0.4) is 0 Å². The first kappa shape index (κ1) is 31.1. The van der Waals surface area contributed by atoms with Crippen LogP contribution in [0, 0.1) is 5.82 Å². The van der Waals surface area contributed by atoms with Crippen molar-refractivity contribution < 1.29 is 23.4 Å². The first-order chi connectivity index (χ1) is 21.5. The molecule has 0 unspecified atom stereocenters. The second-order valence-electron chi connectivity index (χ2n) is 11.1. The molecule has 7 heteroatoms. The molecule has 0 bridgehead atoms. The predicted octanol–water partition coefficient (Wildman–Crippen LogP) is 7.40. The van der Waals surface area contributed by atoms with Crippen LogP contribution in [0.5, 0.6) is 17.2 Å². The molecule has 1 aliphatic heterocycles. The largest absolute Gasteiger partial charge is 0.497 e.